The Morgan fingerprint density at radius 1 is 1.69 bits per heavy atom. The van der Waals surface area contributed by atoms with E-state index in [1.54, 1.807) is 6.07 Å². The second kappa shape index (κ2) is 6.25. The van der Waals surface area contributed by atoms with Crippen molar-refractivity contribution in [3.63, 3.8) is 0 Å². The zero-order valence-corrected chi connectivity index (χ0v) is 9.70. The molecule has 0 rings (SSSR count). The van der Waals surface area contributed by atoms with Crippen molar-refractivity contribution in [3.8, 4) is 6.07 Å². The molecule has 90 valence electrons. The van der Waals surface area contributed by atoms with Crippen molar-refractivity contribution in [1.82, 2.24) is 4.72 Å². The molecular weight excluding hydrogens is 232 g/mol. The molecule has 0 aliphatic carbocycles. The third-order valence-corrected chi connectivity index (χ3v) is 3.70. The lowest BCUT2D eigenvalue weighted by Crippen LogP contribution is -2.44. The summed E-state index contributed by atoms with van der Waals surface area (Å²) < 4.78 is 25.1. The van der Waals surface area contributed by atoms with Crippen LogP contribution in [0.5, 0.6) is 0 Å². The van der Waals surface area contributed by atoms with Crippen LogP contribution in [0.2, 0.25) is 0 Å². The highest BCUT2D eigenvalue weighted by molar-refractivity contribution is 7.90. The molecule has 0 saturated carbocycles. The molecule has 0 saturated heterocycles. The second-order valence-electron chi connectivity index (χ2n) is 3.10. The highest BCUT2D eigenvalue weighted by atomic mass is 32.2. The normalized spacial score (nSPS) is 14.8. The summed E-state index contributed by atoms with van der Waals surface area (Å²) in [4.78, 5) is 10.7. The number of carboxylic acids is 1. The lowest BCUT2D eigenvalue weighted by molar-refractivity contribution is -0.138. The molecule has 0 spiro atoms. The molecule has 7 heteroatoms. The fourth-order valence-electron chi connectivity index (χ4n) is 1.03. The molecule has 0 aromatic carbocycles. The van der Waals surface area contributed by atoms with E-state index in [4.69, 9.17) is 10.4 Å². The molecular formula is C9H14N2O4S. The number of carbonyl (C=O) groups is 1. The van der Waals surface area contributed by atoms with Crippen molar-refractivity contribution in [2.24, 2.45) is 0 Å². The maximum atomic E-state index is 11.6. The zero-order chi connectivity index (χ0) is 12.8. The van der Waals surface area contributed by atoms with Gasteiger partial charge in [-0.05, 0) is 12.8 Å². The lowest BCUT2D eigenvalue weighted by atomic mass is 10.2. The Kier molecular flexibility index (Phi) is 5.71. The summed E-state index contributed by atoms with van der Waals surface area (Å²) >= 11 is 0. The molecule has 0 aliphatic rings. The van der Waals surface area contributed by atoms with Gasteiger partial charge in [0.1, 0.15) is 6.04 Å². The van der Waals surface area contributed by atoms with E-state index < -0.39 is 27.3 Å². The molecule has 6 nitrogen and oxygen atoms in total. The minimum atomic E-state index is -3.93. The van der Waals surface area contributed by atoms with Gasteiger partial charge in [-0.3, -0.25) is 4.79 Å². The summed E-state index contributed by atoms with van der Waals surface area (Å²) in [7, 11) is -3.93. The van der Waals surface area contributed by atoms with Gasteiger partial charge in [0.15, 0.2) is 5.25 Å². The zero-order valence-electron chi connectivity index (χ0n) is 8.88. The third kappa shape index (κ3) is 4.00. The van der Waals surface area contributed by atoms with Gasteiger partial charge in [0, 0.05) is 0 Å². The fourth-order valence-corrected chi connectivity index (χ4v) is 2.36. The van der Waals surface area contributed by atoms with Crippen LogP contribution in [0, 0.1) is 11.3 Å². The summed E-state index contributed by atoms with van der Waals surface area (Å²) in [5, 5.41) is 16.1. The van der Waals surface area contributed by atoms with E-state index in [9.17, 15) is 13.2 Å². The van der Waals surface area contributed by atoms with E-state index in [0.717, 1.165) is 0 Å². The maximum Gasteiger partial charge on any atom is 0.322 e. The van der Waals surface area contributed by atoms with E-state index in [1.807, 2.05) is 4.72 Å². The predicted octanol–water partition coefficient (Wildman–Crippen LogP) is 0.237. The van der Waals surface area contributed by atoms with Crippen molar-refractivity contribution in [3.05, 3.63) is 12.7 Å². The minimum Gasteiger partial charge on any atom is -0.480 e. The van der Waals surface area contributed by atoms with Crippen LogP contribution in [0.15, 0.2) is 12.7 Å². The summed E-state index contributed by atoms with van der Waals surface area (Å²) in [5.74, 6) is -1.30. The average molecular weight is 246 g/mol. The number of hydrogen-bond acceptors (Lipinski definition) is 4. The summed E-state index contributed by atoms with van der Waals surface area (Å²) in [6.45, 7) is 4.87. The van der Waals surface area contributed by atoms with Crippen LogP contribution < -0.4 is 4.72 Å². The number of rotatable bonds is 7. The first kappa shape index (κ1) is 14.6. The molecule has 2 atom stereocenters. The van der Waals surface area contributed by atoms with Gasteiger partial charge in [-0.25, -0.2) is 8.42 Å². The van der Waals surface area contributed by atoms with Crippen LogP contribution in [0.3, 0.4) is 0 Å². The van der Waals surface area contributed by atoms with Gasteiger partial charge in [-0.2, -0.15) is 9.98 Å². The number of nitrogens with one attached hydrogen (secondary N) is 1. The maximum absolute atomic E-state index is 11.6. The van der Waals surface area contributed by atoms with E-state index in [1.165, 1.54) is 13.0 Å². The van der Waals surface area contributed by atoms with Crippen LogP contribution in [-0.4, -0.2) is 30.8 Å². The largest absolute Gasteiger partial charge is 0.480 e. The Morgan fingerprint density at radius 3 is 2.56 bits per heavy atom. The van der Waals surface area contributed by atoms with Crippen LogP contribution in [-0.2, 0) is 14.8 Å². The molecule has 0 bridgehead atoms. The van der Waals surface area contributed by atoms with Crippen LogP contribution in [0.25, 0.3) is 0 Å². The SMILES string of the molecule is C=CCC(NS(=O)(=O)C(C#N)CC)C(=O)O. The Balaban J connectivity index is 4.86. The Bertz CT molecular complexity index is 396. The molecule has 0 amide bonds. The van der Waals surface area contributed by atoms with Gasteiger partial charge in [-0.1, -0.05) is 13.0 Å². The highest BCUT2D eigenvalue weighted by Crippen LogP contribution is 2.05. The second-order valence-corrected chi connectivity index (χ2v) is 5.00. The standard InChI is InChI=1S/C9H14N2O4S/c1-3-5-8(9(12)13)11-16(14,15)7(4-2)6-10/h3,7-8,11H,1,4-5H2,2H3,(H,12,13). The molecule has 2 N–H and O–H groups in total. The van der Waals surface area contributed by atoms with Crippen molar-refractivity contribution in [2.75, 3.05) is 0 Å². The molecule has 0 aromatic rings. The minimum absolute atomic E-state index is 0.0313. The van der Waals surface area contributed by atoms with Gasteiger partial charge >= 0.3 is 5.97 Å². The van der Waals surface area contributed by atoms with Crippen LogP contribution >= 0.6 is 0 Å². The van der Waals surface area contributed by atoms with Gasteiger partial charge < -0.3 is 5.11 Å². The molecule has 0 aromatic heterocycles. The van der Waals surface area contributed by atoms with Crippen LogP contribution in [0.4, 0.5) is 0 Å². The van der Waals surface area contributed by atoms with Gasteiger partial charge in [0.05, 0.1) is 6.07 Å². The number of hydrogen-bond donors (Lipinski definition) is 2. The van der Waals surface area contributed by atoms with Crippen molar-refractivity contribution < 1.29 is 18.3 Å². The van der Waals surface area contributed by atoms with E-state index >= 15 is 0 Å². The van der Waals surface area contributed by atoms with E-state index in [0.29, 0.717) is 0 Å². The number of nitriles is 1. The first-order valence-electron chi connectivity index (χ1n) is 4.63. The first-order valence-corrected chi connectivity index (χ1v) is 6.18. The predicted molar refractivity (Wildman–Crippen MR) is 58.0 cm³/mol. The van der Waals surface area contributed by atoms with Gasteiger partial charge in [0.2, 0.25) is 10.0 Å². The molecule has 0 fully saturated rings. The van der Waals surface area contributed by atoms with E-state index in [2.05, 4.69) is 6.58 Å². The molecule has 2 unspecified atom stereocenters. The Labute approximate surface area is 94.6 Å². The average Bonchev–Trinajstić information content (AvgIpc) is 2.18. The number of aliphatic carboxylic acids is 1. The summed E-state index contributed by atoms with van der Waals surface area (Å²) in [6, 6.07) is 0.336. The molecule has 0 radical (unpaired) electrons. The third-order valence-electron chi connectivity index (χ3n) is 1.90. The Morgan fingerprint density at radius 2 is 2.25 bits per heavy atom. The topological polar surface area (TPSA) is 107 Å². The highest BCUT2D eigenvalue weighted by Gasteiger charge is 2.29. The van der Waals surface area contributed by atoms with E-state index in [-0.39, 0.29) is 12.8 Å². The van der Waals surface area contributed by atoms with Crippen molar-refractivity contribution in [2.45, 2.75) is 31.1 Å². The van der Waals surface area contributed by atoms with Gasteiger partial charge in [-0.15, -0.1) is 6.58 Å². The fraction of sp³-hybridized carbons (Fsp3) is 0.556. The van der Waals surface area contributed by atoms with Crippen molar-refractivity contribution in [1.29, 1.82) is 5.26 Å². The first-order chi connectivity index (χ1) is 7.38. The van der Waals surface area contributed by atoms with Crippen LogP contribution in [0.1, 0.15) is 19.8 Å². The summed E-state index contributed by atoms with van der Waals surface area (Å²) in [6.07, 6.45) is 1.37. The molecule has 16 heavy (non-hydrogen) atoms. The quantitative estimate of drug-likeness (QED) is 0.625. The Hall–Kier alpha value is -1.39. The van der Waals surface area contributed by atoms with Crippen molar-refractivity contribution >= 4 is 16.0 Å². The van der Waals surface area contributed by atoms with Gasteiger partial charge in [0.25, 0.3) is 0 Å². The summed E-state index contributed by atoms with van der Waals surface area (Å²) in [5.41, 5.74) is 0. The number of nitrogens with zero attached hydrogens (tertiary/aromatic N) is 1. The number of sulfonamides is 1. The smallest absolute Gasteiger partial charge is 0.322 e. The monoisotopic (exact) mass is 246 g/mol. The molecule has 0 aliphatic heterocycles. The lowest BCUT2D eigenvalue weighted by Gasteiger charge is -2.15. The number of carboxylic acid groups (broad SMARTS) is 1. The molecule has 0 heterocycles.